The number of Topliss-reactive ketones (excluding diaryl/α,β-unsaturated/α-hetero) is 1. The molecule has 0 aliphatic rings. The van der Waals surface area contributed by atoms with Crippen LogP contribution >= 0.6 is 11.7 Å². The third kappa shape index (κ3) is 4.39. The zero-order chi connectivity index (χ0) is 19.2. The number of carbonyl (C=O) groups excluding carboxylic acids is 3. The molecule has 0 aliphatic carbocycles. The maximum atomic E-state index is 12.7. The summed E-state index contributed by atoms with van der Waals surface area (Å²) in [7, 11) is 0. The minimum absolute atomic E-state index is 0.0829. The van der Waals surface area contributed by atoms with Crippen molar-refractivity contribution in [1.29, 1.82) is 0 Å². The van der Waals surface area contributed by atoms with Gasteiger partial charge in [0.25, 0.3) is 11.8 Å². The first kappa shape index (κ1) is 18.3. The van der Waals surface area contributed by atoms with Crippen LogP contribution in [0, 0.1) is 0 Å². The molecule has 0 saturated carbocycles. The Labute approximate surface area is 158 Å². The topological polar surface area (TPSA) is 128 Å². The Morgan fingerprint density at radius 1 is 1.07 bits per heavy atom. The van der Waals surface area contributed by atoms with E-state index in [0.717, 1.165) is 17.3 Å². The van der Waals surface area contributed by atoms with Crippen LogP contribution < -0.4 is 11.1 Å². The number of hydrogen-bond acceptors (Lipinski definition) is 7. The van der Waals surface area contributed by atoms with Gasteiger partial charge in [0.1, 0.15) is 11.7 Å². The Hall–Kier alpha value is -3.46. The van der Waals surface area contributed by atoms with Gasteiger partial charge in [0, 0.05) is 24.4 Å². The van der Waals surface area contributed by atoms with Crippen LogP contribution in [0.15, 0.2) is 54.9 Å². The van der Waals surface area contributed by atoms with Crippen LogP contribution in [0.4, 0.5) is 0 Å². The van der Waals surface area contributed by atoms with Crippen LogP contribution in [0.5, 0.6) is 0 Å². The van der Waals surface area contributed by atoms with Gasteiger partial charge in [-0.25, -0.2) is 0 Å². The van der Waals surface area contributed by atoms with Crippen LogP contribution in [0.2, 0.25) is 0 Å². The van der Waals surface area contributed by atoms with Crippen LogP contribution in [0.1, 0.15) is 16.1 Å². The molecule has 3 N–H and O–H groups in total. The summed E-state index contributed by atoms with van der Waals surface area (Å²) in [4.78, 5) is 40.2. The molecule has 8 nitrogen and oxygen atoms in total. The number of nitrogens with one attached hydrogen (secondary N) is 1. The number of aromatic nitrogens is 3. The van der Waals surface area contributed by atoms with Gasteiger partial charge in [0.2, 0.25) is 5.78 Å². The summed E-state index contributed by atoms with van der Waals surface area (Å²) in [5, 5.41) is 2.55. The lowest BCUT2D eigenvalue weighted by molar-refractivity contribution is -0.137. The second-order valence-electron chi connectivity index (χ2n) is 5.65. The van der Waals surface area contributed by atoms with Crippen molar-refractivity contribution in [2.75, 3.05) is 0 Å². The first-order valence-corrected chi connectivity index (χ1v) is 8.70. The number of nitrogens with two attached hydrogens (primary N) is 1. The average Bonchev–Trinajstić information content (AvgIpc) is 3.18. The maximum absolute atomic E-state index is 12.7. The van der Waals surface area contributed by atoms with Crippen molar-refractivity contribution in [1.82, 2.24) is 19.0 Å². The predicted octanol–water partition coefficient (Wildman–Crippen LogP) is 0.996. The van der Waals surface area contributed by atoms with Gasteiger partial charge < -0.3 is 11.1 Å². The number of ketones is 1. The predicted molar refractivity (Wildman–Crippen MR) is 98.7 cm³/mol. The molecule has 0 aliphatic heterocycles. The summed E-state index contributed by atoms with van der Waals surface area (Å²) < 4.78 is 8.20. The van der Waals surface area contributed by atoms with Crippen molar-refractivity contribution in [3.8, 4) is 11.3 Å². The van der Waals surface area contributed by atoms with Gasteiger partial charge in [-0.3, -0.25) is 19.4 Å². The normalized spacial score (nSPS) is 11.6. The first-order chi connectivity index (χ1) is 13.1. The van der Waals surface area contributed by atoms with E-state index >= 15 is 0 Å². The highest BCUT2D eigenvalue weighted by Gasteiger charge is 2.28. The number of benzene rings is 1. The zero-order valence-corrected chi connectivity index (χ0v) is 14.8. The van der Waals surface area contributed by atoms with Crippen LogP contribution in [-0.2, 0) is 16.0 Å². The summed E-state index contributed by atoms with van der Waals surface area (Å²) in [6.07, 6.45) is 3.22. The highest BCUT2D eigenvalue weighted by molar-refractivity contribution is 6.99. The molecule has 136 valence electrons. The van der Waals surface area contributed by atoms with E-state index in [1.807, 2.05) is 18.2 Å². The van der Waals surface area contributed by atoms with E-state index in [1.165, 1.54) is 0 Å². The van der Waals surface area contributed by atoms with Crippen LogP contribution in [0.25, 0.3) is 11.3 Å². The fraction of sp³-hybridized carbons (Fsp3) is 0.111. The lowest BCUT2D eigenvalue weighted by atomic mass is 10.0. The van der Waals surface area contributed by atoms with Crippen molar-refractivity contribution in [3.05, 3.63) is 66.1 Å². The molecule has 2 aromatic heterocycles. The van der Waals surface area contributed by atoms with Gasteiger partial charge >= 0.3 is 0 Å². The van der Waals surface area contributed by atoms with Crippen molar-refractivity contribution in [3.63, 3.8) is 0 Å². The van der Waals surface area contributed by atoms with E-state index in [1.54, 1.807) is 36.7 Å². The van der Waals surface area contributed by atoms with Crippen molar-refractivity contribution in [2.45, 2.75) is 12.5 Å². The molecule has 1 atom stereocenters. The van der Waals surface area contributed by atoms with Gasteiger partial charge in [-0.1, -0.05) is 36.4 Å². The minimum Gasteiger partial charge on any atom is -0.363 e. The van der Waals surface area contributed by atoms with Gasteiger partial charge in [-0.2, -0.15) is 8.75 Å². The molecule has 0 saturated heterocycles. The van der Waals surface area contributed by atoms with Crippen LogP contribution in [0.3, 0.4) is 0 Å². The molecule has 0 spiro atoms. The number of nitrogens with zero attached hydrogens (tertiary/aromatic N) is 3. The van der Waals surface area contributed by atoms with E-state index in [-0.39, 0.29) is 12.1 Å². The van der Waals surface area contributed by atoms with E-state index in [0.29, 0.717) is 11.3 Å². The van der Waals surface area contributed by atoms with Crippen LogP contribution in [-0.4, -0.2) is 37.4 Å². The van der Waals surface area contributed by atoms with E-state index < -0.39 is 23.6 Å². The third-order valence-corrected chi connectivity index (χ3v) is 4.31. The maximum Gasteiger partial charge on any atom is 0.287 e. The monoisotopic (exact) mass is 381 g/mol. The summed E-state index contributed by atoms with van der Waals surface area (Å²) in [5.74, 6) is -2.62. The number of primary amides is 1. The summed E-state index contributed by atoms with van der Waals surface area (Å²) in [6, 6.07) is 11.4. The van der Waals surface area contributed by atoms with Gasteiger partial charge in [-0.15, -0.1) is 0 Å². The number of amides is 2. The molecule has 0 fully saturated rings. The van der Waals surface area contributed by atoms with Gasteiger partial charge in [-0.05, 0) is 11.6 Å². The molecular weight excluding hydrogens is 366 g/mol. The first-order valence-electron chi connectivity index (χ1n) is 7.97. The Morgan fingerprint density at radius 2 is 1.85 bits per heavy atom. The second kappa shape index (κ2) is 8.28. The molecule has 3 rings (SSSR count). The molecule has 2 amide bonds. The third-order valence-electron chi connectivity index (χ3n) is 3.78. The quantitative estimate of drug-likeness (QED) is 0.588. The Kier molecular flexibility index (Phi) is 5.62. The smallest absolute Gasteiger partial charge is 0.287 e. The highest BCUT2D eigenvalue weighted by Crippen LogP contribution is 2.21. The SMILES string of the molecule is NC(=O)C(=O)C(Cc1cccnc1)NC(=O)c1nsnc1-c1ccccc1. The highest BCUT2D eigenvalue weighted by atomic mass is 32.1. The number of carbonyl (C=O) groups is 3. The second-order valence-corrected chi connectivity index (χ2v) is 6.18. The standard InChI is InChI=1S/C18H15N5O3S/c19-17(25)16(24)13(9-11-5-4-8-20-10-11)21-18(26)15-14(22-27-23-15)12-6-2-1-3-7-12/h1-8,10,13H,9H2,(H2,19,25)(H,21,26). The largest absolute Gasteiger partial charge is 0.363 e. The van der Waals surface area contributed by atoms with E-state index in [2.05, 4.69) is 19.0 Å². The minimum atomic E-state index is -1.12. The number of pyridine rings is 1. The van der Waals surface area contributed by atoms with E-state index in [9.17, 15) is 14.4 Å². The average molecular weight is 381 g/mol. The molecule has 1 unspecified atom stereocenters. The molecule has 2 heterocycles. The summed E-state index contributed by atoms with van der Waals surface area (Å²) in [5.41, 5.74) is 7.02. The summed E-state index contributed by atoms with van der Waals surface area (Å²) >= 11 is 0.888. The molecule has 1 aromatic carbocycles. The summed E-state index contributed by atoms with van der Waals surface area (Å²) in [6.45, 7) is 0. The molecular formula is C18H15N5O3S. The Morgan fingerprint density at radius 3 is 2.52 bits per heavy atom. The zero-order valence-electron chi connectivity index (χ0n) is 14.0. The number of hydrogen-bond donors (Lipinski definition) is 2. The fourth-order valence-corrected chi connectivity index (χ4v) is 3.05. The van der Waals surface area contributed by atoms with Crippen molar-refractivity contribution in [2.24, 2.45) is 5.73 Å². The van der Waals surface area contributed by atoms with Gasteiger partial charge in [0.15, 0.2) is 5.69 Å². The lowest BCUT2D eigenvalue weighted by Crippen LogP contribution is -2.47. The van der Waals surface area contributed by atoms with Gasteiger partial charge in [0.05, 0.1) is 11.7 Å². The lowest BCUT2D eigenvalue weighted by Gasteiger charge is -2.15. The Balaban J connectivity index is 1.84. The van der Waals surface area contributed by atoms with Crippen molar-refractivity contribution < 1.29 is 14.4 Å². The molecule has 3 aromatic rings. The number of rotatable bonds is 7. The van der Waals surface area contributed by atoms with E-state index in [4.69, 9.17) is 5.73 Å². The molecule has 27 heavy (non-hydrogen) atoms. The molecule has 0 radical (unpaired) electrons. The Bertz CT molecular complexity index is 959. The molecule has 0 bridgehead atoms. The molecule has 9 heteroatoms. The fourth-order valence-electron chi connectivity index (χ4n) is 2.49. The van der Waals surface area contributed by atoms with Crippen molar-refractivity contribution >= 4 is 29.3 Å².